The zero-order valence-electron chi connectivity index (χ0n) is 11.0. The van der Waals surface area contributed by atoms with Crippen LogP contribution in [0, 0.1) is 0 Å². The molecule has 5 heteroatoms. The van der Waals surface area contributed by atoms with Gasteiger partial charge in [-0.15, -0.1) is 0 Å². The van der Waals surface area contributed by atoms with Crippen LogP contribution in [0.25, 0.3) is 0 Å². The third-order valence-electron chi connectivity index (χ3n) is 2.83. The lowest BCUT2D eigenvalue weighted by atomic mass is 10.0. The van der Waals surface area contributed by atoms with Crippen LogP contribution in [0.5, 0.6) is 0 Å². The van der Waals surface area contributed by atoms with Crippen LogP contribution in [0.2, 0.25) is 0 Å². The Balaban J connectivity index is 2.18. The smallest absolute Gasteiger partial charge is 0.220 e. The van der Waals surface area contributed by atoms with E-state index in [4.69, 9.17) is 11.5 Å². The summed E-state index contributed by atoms with van der Waals surface area (Å²) >= 11 is 0. The summed E-state index contributed by atoms with van der Waals surface area (Å²) in [5.74, 6) is -0.392. The maximum absolute atomic E-state index is 11.5. The topological polar surface area (TPSA) is 98.2 Å². The molecule has 1 rings (SSSR count). The van der Waals surface area contributed by atoms with Crippen molar-refractivity contribution in [3.63, 3.8) is 0 Å². The molecule has 1 aromatic carbocycles. The second-order valence-corrected chi connectivity index (χ2v) is 4.48. The van der Waals surface area contributed by atoms with Gasteiger partial charge in [0.2, 0.25) is 11.8 Å². The Morgan fingerprint density at radius 2 is 1.84 bits per heavy atom. The molecule has 0 saturated heterocycles. The molecule has 1 unspecified atom stereocenters. The second-order valence-electron chi connectivity index (χ2n) is 4.48. The van der Waals surface area contributed by atoms with Crippen LogP contribution < -0.4 is 16.8 Å². The number of hydrogen-bond acceptors (Lipinski definition) is 3. The highest BCUT2D eigenvalue weighted by Crippen LogP contribution is 2.14. The van der Waals surface area contributed by atoms with Crippen LogP contribution in [-0.2, 0) is 9.59 Å². The largest absolute Gasteiger partial charge is 0.370 e. The molecule has 0 aliphatic heterocycles. The van der Waals surface area contributed by atoms with Gasteiger partial charge in [-0.1, -0.05) is 30.3 Å². The first-order chi connectivity index (χ1) is 9.09. The van der Waals surface area contributed by atoms with E-state index in [1.54, 1.807) is 0 Å². The van der Waals surface area contributed by atoms with Gasteiger partial charge in [-0.25, -0.2) is 0 Å². The molecule has 0 aliphatic rings. The third-order valence-corrected chi connectivity index (χ3v) is 2.83. The molecule has 1 atom stereocenters. The van der Waals surface area contributed by atoms with Crippen molar-refractivity contribution in [1.29, 1.82) is 0 Å². The Kier molecular flexibility index (Phi) is 6.60. The van der Waals surface area contributed by atoms with Crippen LogP contribution in [0.3, 0.4) is 0 Å². The first kappa shape index (κ1) is 15.2. The van der Waals surface area contributed by atoms with Crippen molar-refractivity contribution < 1.29 is 9.59 Å². The molecule has 1 aromatic rings. The first-order valence-electron chi connectivity index (χ1n) is 6.45. The van der Waals surface area contributed by atoms with E-state index in [1.165, 1.54) is 0 Å². The fourth-order valence-electron chi connectivity index (χ4n) is 1.73. The maximum atomic E-state index is 11.5. The van der Waals surface area contributed by atoms with Crippen LogP contribution in [0.1, 0.15) is 37.3 Å². The highest BCUT2D eigenvalue weighted by molar-refractivity contribution is 5.76. The molecule has 0 bridgehead atoms. The molecule has 0 fully saturated rings. The molecular formula is C14H21N3O2. The van der Waals surface area contributed by atoms with Gasteiger partial charge < -0.3 is 16.8 Å². The summed E-state index contributed by atoms with van der Waals surface area (Å²) in [6.45, 7) is 0.475. The number of nitrogens with two attached hydrogens (primary N) is 2. The fraction of sp³-hybridized carbons (Fsp3) is 0.429. The number of hydrogen-bond donors (Lipinski definition) is 3. The lowest BCUT2D eigenvalue weighted by molar-refractivity contribution is -0.122. The van der Waals surface area contributed by atoms with Crippen molar-refractivity contribution >= 4 is 11.8 Å². The number of carbonyl (C=O) groups is 2. The van der Waals surface area contributed by atoms with Gasteiger partial charge in [-0.2, -0.15) is 0 Å². The number of benzene rings is 1. The number of primary amides is 1. The first-order valence-corrected chi connectivity index (χ1v) is 6.45. The zero-order valence-corrected chi connectivity index (χ0v) is 11.0. The average molecular weight is 263 g/mol. The van der Waals surface area contributed by atoms with Gasteiger partial charge in [0.05, 0.1) is 0 Å². The molecule has 0 heterocycles. The monoisotopic (exact) mass is 263 g/mol. The van der Waals surface area contributed by atoms with E-state index in [-0.39, 0.29) is 17.9 Å². The van der Waals surface area contributed by atoms with Crippen LogP contribution in [-0.4, -0.2) is 18.4 Å². The van der Waals surface area contributed by atoms with Crippen LogP contribution in [0.4, 0.5) is 0 Å². The Bertz CT molecular complexity index is 406. The van der Waals surface area contributed by atoms with Crippen molar-refractivity contribution in [2.45, 2.75) is 31.7 Å². The SMILES string of the molecule is NC(=O)CCCNC(=O)CCC(N)c1ccccc1. The third kappa shape index (κ3) is 6.57. The van der Waals surface area contributed by atoms with Crippen molar-refractivity contribution in [3.8, 4) is 0 Å². The summed E-state index contributed by atoms with van der Waals surface area (Å²) in [5, 5.41) is 2.74. The van der Waals surface area contributed by atoms with Gasteiger partial charge in [0.15, 0.2) is 0 Å². The molecule has 5 nitrogen and oxygen atoms in total. The standard InChI is InChI=1S/C14H21N3O2/c15-12(11-5-2-1-3-6-11)8-9-14(19)17-10-4-7-13(16)18/h1-3,5-6,12H,4,7-10,15H2,(H2,16,18)(H,17,19). The molecule has 0 aromatic heterocycles. The van der Waals surface area contributed by atoms with Gasteiger partial charge >= 0.3 is 0 Å². The van der Waals surface area contributed by atoms with Crippen LogP contribution >= 0.6 is 0 Å². The van der Waals surface area contributed by atoms with Crippen molar-refractivity contribution in [2.75, 3.05) is 6.54 Å². The normalized spacial score (nSPS) is 11.8. The number of rotatable bonds is 8. The molecule has 0 saturated carbocycles. The van der Waals surface area contributed by atoms with Gasteiger partial charge in [0.1, 0.15) is 0 Å². The predicted molar refractivity (Wildman–Crippen MR) is 74.0 cm³/mol. The summed E-state index contributed by atoms with van der Waals surface area (Å²) in [7, 11) is 0. The number of carbonyl (C=O) groups excluding carboxylic acids is 2. The van der Waals surface area contributed by atoms with E-state index in [1.807, 2.05) is 30.3 Å². The lowest BCUT2D eigenvalue weighted by Gasteiger charge is -2.11. The van der Waals surface area contributed by atoms with Crippen molar-refractivity contribution in [3.05, 3.63) is 35.9 Å². The summed E-state index contributed by atoms with van der Waals surface area (Å²) in [6, 6.07) is 9.57. The summed E-state index contributed by atoms with van der Waals surface area (Å²) in [4.78, 5) is 22.0. The van der Waals surface area contributed by atoms with Gasteiger partial charge in [0.25, 0.3) is 0 Å². The molecule has 19 heavy (non-hydrogen) atoms. The highest BCUT2D eigenvalue weighted by atomic mass is 16.2. The van der Waals surface area contributed by atoms with Crippen molar-refractivity contribution in [1.82, 2.24) is 5.32 Å². The van der Waals surface area contributed by atoms with E-state index in [0.29, 0.717) is 32.2 Å². The summed E-state index contributed by atoms with van der Waals surface area (Å²) in [6.07, 6.45) is 1.86. The molecule has 0 radical (unpaired) electrons. The van der Waals surface area contributed by atoms with E-state index in [2.05, 4.69) is 5.32 Å². The quantitative estimate of drug-likeness (QED) is 0.606. The fourth-order valence-corrected chi connectivity index (χ4v) is 1.73. The van der Waals surface area contributed by atoms with Gasteiger partial charge in [-0.05, 0) is 18.4 Å². The molecule has 0 spiro atoms. The lowest BCUT2D eigenvalue weighted by Crippen LogP contribution is -2.26. The summed E-state index contributed by atoms with van der Waals surface area (Å²) < 4.78 is 0. The number of nitrogens with one attached hydrogen (secondary N) is 1. The Morgan fingerprint density at radius 1 is 1.16 bits per heavy atom. The highest BCUT2D eigenvalue weighted by Gasteiger charge is 2.08. The Morgan fingerprint density at radius 3 is 2.47 bits per heavy atom. The zero-order chi connectivity index (χ0) is 14.1. The summed E-state index contributed by atoms with van der Waals surface area (Å²) in [5.41, 5.74) is 12.0. The van der Waals surface area contributed by atoms with Gasteiger partial charge in [0, 0.05) is 25.4 Å². The van der Waals surface area contributed by atoms with Crippen LogP contribution in [0.15, 0.2) is 30.3 Å². The Hall–Kier alpha value is -1.88. The average Bonchev–Trinajstić information content (AvgIpc) is 2.41. The maximum Gasteiger partial charge on any atom is 0.220 e. The van der Waals surface area contributed by atoms with E-state index in [9.17, 15) is 9.59 Å². The molecule has 104 valence electrons. The minimum absolute atomic E-state index is 0.0455. The minimum Gasteiger partial charge on any atom is -0.370 e. The molecule has 2 amide bonds. The van der Waals surface area contributed by atoms with E-state index < -0.39 is 0 Å². The van der Waals surface area contributed by atoms with Gasteiger partial charge in [-0.3, -0.25) is 9.59 Å². The van der Waals surface area contributed by atoms with E-state index >= 15 is 0 Å². The second kappa shape index (κ2) is 8.26. The molecule has 5 N–H and O–H groups in total. The molecule has 0 aliphatic carbocycles. The molecular weight excluding hydrogens is 242 g/mol. The minimum atomic E-state index is -0.347. The number of amides is 2. The predicted octanol–water partition coefficient (Wildman–Crippen LogP) is 0.848. The Labute approximate surface area is 113 Å². The van der Waals surface area contributed by atoms with E-state index in [0.717, 1.165) is 5.56 Å². The van der Waals surface area contributed by atoms with Crippen molar-refractivity contribution in [2.24, 2.45) is 11.5 Å².